The van der Waals surface area contributed by atoms with Gasteiger partial charge in [0.2, 0.25) is 0 Å². The number of hydrogen-bond donors (Lipinski definition) is 1. The van der Waals surface area contributed by atoms with Gasteiger partial charge in [0, 0.05) is 7.05 Å². The predicted molar refractivity (Wildman–Crippen MR) is 106 cm³/mol. The van der Waals surface area contributed by atoms with Crippen LogP contribution in [0.1, 0.15) is 44.0 Å². The van der Waals surface area contributed by atoms with Crippen molar-refractivity contribution in [3.8, 4) is 11.5 Å². The lowest BCUT2D eigenvalue weighted by molar-refractivity contribution is 0.170. The average Bonchev–Trinajstić information content (AvgIpc) is 2.70. The molecule has 1 heterocycles. The lowest BCUT2D eigenvalue weighted by Crippen LogP contribution is -2.42. The molecule has 2 unspecified atom stereocenters. The van der Waals surface area contributed by atoms with Crippen LogP contribution in [0.5, 0.6) is 11.5 Å². The third kappa shape index (κ3) is 4.35. The summed E-state index contributed by atoms with van der Waals surface area (Å²) in [4.78, 5) is 14.6. The van der Waals surface area contributed by atoms with Crippen LogP contribution < -0.4 is 14.8 Å². The van der Waals surface area contributed by atoms with Crippen molar-refractivity contribution in [2.45, 2.75) is 32.9 Å². The molecule has 3 rings (SSSR count). The molecule has 2 aromatic carbocycles. The van der Waals surface area contributed by atoms with Crippen LogP contribution in [-0.2, 0) is 0 Å². The van der Waals surface area contributed by atoms with Gasteiger partial charge in [-0.3, -0.25) is 0 Å². The van der Waals surface area contributed by atoms with Crippen molar-refractivity contribution in [1.29, 1.82) is 0 Å². The lowest BCUT2D eigenvalue weighted by Gasteiger charge is -2.30. The number of amides is 2. The molecule has 2 amide bonds. The van der Waals surface area contributed by atoms with Crippen molar-refractivity contribution in [3.63, 3.8) is 0 Å². The molecule has 1 N–H and O–H groups in total. The third-order valence-corrected chi connectivity index (χ3v) is 5.05. The summed E-state index contributed by atoms with van der Waals surface area (Å²) < 4.78 is 11.3. The number of benzene rings is 2. The van der Waals surface area contributed by atoms with E-state index in [9.17, 15) is 4.79 Å². The Kier molecular flexibility index (Phi) is 5.89. The van der Waals surface area contributed by atoms with Gasteiger partial charge in [-0.1, -0.05) is 50.2 Å². The van der Waals surface area contributed by atoms with E-state index in [4.69, 9.17) is 9.47 Å². The molecule has 1 aliphatic rings. The molecule has 0 spiro atoms. The predicted octanol–water partition coefficient (Wildman–Crippen LogP) is 4.56. The summed E-state index contributed by atoms with van der Waals surface area (Å²) in [5.74, 6) is 1.73. The molecule has 2 aromatic rings. The maximum Gasteiger partial charge on any atom is 0.318 e. The van der Waals surface area contributed by atoms with E-state index >= 15 is 0 Å². The number of urea groups is 1. The fourth-order valence-electron chi connectivity index (χ4n) is 3.25. The number of rotatable bonds is 5. The number of carbonyl (C=O) groups is 1. The number of nitrogens with one attached hydrogen (secondary N) is 1. The highest BCUT2D eigenvalue weighted by atomic mass is 16.6. The summed E-state index contributed by atoms with van der Waals surface area (Å²) in [6, 6.07) is 15.7. The molecule has 0 aliphatic carbocycles. The van der Waals surface area contributed by atoms with Crippen LogP contribution in [0.15, 0.2) is 48.5 Å². The van der Waals surface area contributed by atoms with Crippen molar-refractivity contribution in [2.24, 2.45) is 5.92 Å². The molecule has 0 saturated carbocycles. The van der Waals surface area contributed by atoms with Crippen molar-refractivity contribution in [3.05, 3.63) is 59.7 Å². The lowest BCUT2D eigenvalue weighted by atomic mass is 9.95. The minimum absolute atomic E-state index is 0.0146. The maximum atomic E-state index is 12.9. The first kappa shape index (κ1) is 19.1. The average molecular weight is 368 g/mol. The number of hydrogen-bond acceptors (Lipinski definition) is 3. The van der Waals surface area contributed by atoms with Crippen molar-refractivity contribution in [2.75, 3.05) is 20.3 Å². The molecule has 0 fully saturated rings. The quantitative estimate of drug-likeness (QED) is 0.842. The van der Waals surface area contributed by atoms with E-state index in [1.807, 2.05) is 62.5 Å². The highest BCUT2D eigenvalue weighted by Gasteiger charge is 2.24. The van der Waals surface area contributed by atoms with Gasteiger partial charge in [-0.25, -0.2) is 4.79 Å². The van der Waals surface area contributed by atoms with E-state index in [0.29, 0.717) is 13.2 Å². The highest BCUT2D eigenvalue weighted by Crippen LogP contribution is 2.34. The maximum absolute atomic E-state index is 12.9. The van der Waals surface area contributed by atoms with Crippen molar-refractivity contribution in [1.82, 2.24) is 10.2 Å². The summed E-state index contributed by atoms with van der Waals surface area (Å²) in [6.07, 6.45) is 0. The largest absolute Gasteiger partial charge is 0.486 e. The van der Waals surface area contributed by atoms with E-state index in [1.54, 1.807) is 4.90 Å². The highest BCUT2D eigenvalue weighted by molar-refractivity contribution is 5.75. The fraction of sp³-hybridized carbons (Fsp3) is 0.409. The Hall–Kier alpha value is -2.69. The third-order valence-electron chi connectivity index (χ3n) is 5.05. The fourth-order valence-corrected chi connectivity index (χ4v) is 3.25. The summed E-state index contributed by atoms with van der Waals surface area (Å²) in [5, 5.41) is 3.18. The summed E-state index contributed by atoms with van der Waals surface area (Å²) in [6.45, 7) is 7.35. The second-order valence-electron chi connectivity index (χ2n) is 7.27. The first-order valence-corrected chi connectivity index (χ1v) is 9.45. The molecule has 0 bridgehead atoms. The van der Waals surface area contributed by atoms with Gasteiger partial charge < -0.3 is 19.7 Å². The standard InChI is InChI=1S/C22H28N2O3/c1-15(2)21(18-10-11-19-20(14-18)27-13-12-26-19)23-22(25)24(4)16(3)17-8-6-5-7-9-17/h5-11,14-16,21H,12-13H2,1-4H3,(H,23,25). The van der Waals surface area contributed by atoms with Gasteiger partial charge in [0.15, 0.2) is 11.5 Å². The van der Waals surface area contributed by atoms with Crippen molar-refractivity contribution >= 4 is 6.03 Å². The van der Waals surface area contributed by atoms with Crippen LogP contribution in [0.3, 0.4) is 0 Å². The van der Waals surface area contributed by atoms with Crippen LogP contribution in [0.4, 0.5) is 4.79 Å². The Morgan fingerprint density at radius 3 is 2.30 bits per heavy atom. The van der Waals surface area contributed by atoms with E-state index in [-0.39, 0.29) is 24.0 Å². The minimum Gasteiger partial charge on any atom is -0.486 e. The normalized spacial score (nSPS) is 15.1. The van der Waals surface area contributed by atoms with Gasteiger partial charge in [0.25, 0.3) is 0 Å². The first-order valence-electron chi connectivity index (χ1n) is 9.45. The van der Waals surface area contributed by atoms with Crippen LogP contribution in [0.25, 0.3) is 0 Å². The van der Waals surface area contributed by atoms with Gasteiger partial charge in [-0.05, 0) is 36.1 Å². The van der Waals surface area contributed by atoms with Crippen LogP contribution in [0, 0.1) is 5.92 Å². The molecule has 5 nitrogen and oxygen atoms in total. The molecule has 0 radical (unpaired) electrons. The Balaban J connectivity index is 1.75. The molecule has 0 aromatic heterocycles. The van der Waals surface area contributed by atoms with Crippen LogP contribution in [-0.4, -0.2) is 31.2 Å². The zero-order valence-corrected chi connectivity index (χ0v) is 16.4. The van der Waals surface area contributed by atoms with Gasteiger partial charge in [-0.2, -0.15) is 0 Å². The number of carbonyl (C=O) groups excluding carboxylic acids is 1. The second-order valence-corrected chi connectivity index (χ2v) is 7.27. The molecule has 27 heavy (non-hydrogen) atoms. The number of fused-ring (bicyclic) bond motifs is 1. The Morgan fingerprint density at radius 1 is 0.963 bits per heavy atom. The Bertz CT molecular complexity index is 776. The number of ether oxygens (including phenoxy) is 2. The topological polar surface area (TPSA) is 50.8 Å². The summed E-state index contributed by atoms with van der Waals surface area (Å²) in [5.41, 5.74) is 2.12. The monoisotopic (exact) mass is 368 g/mol. The van der Waals surface area contributed by atoms with Crippen LogP contribution in [0.2, 0.25) is 0 Å². The zero-order valence-electron chi connectivity index (χ0n) is 16.4. The minimum atomic E-state index is -0.112. The number of nitrogens with zero attached hydrogens (tertiary/aromatic N) is 1. The molecular weight excluding hydrogens is 340 g/mol. The van der Waals surface area contributed by atoms with Gasteiger partial charge >= 0.3 is 6.03 Å². The van der Waals surface area contributed by atoms with Gasteiger partial charge in [-0.15, -0.1) is 0 Å². The molecule has 5 heteroatoms. The molecule has 0 saturated heterocycles. The van der Waals surface area contributed by atoms with E-state index in [0.717, 1.165) is 22.6 Å². The second kappa shape index (κ2) is 8.33. The van der Waals surface area contributed by atoms with Crippen molar-refractivity contribution < 1.29 is 14.3 Å². The Morgan fingerprint density at radius 2 is 1.63 bits per heavy atom. The summed E-state index contributed by atoms with van der Waals surface area (Å²) >= 11 is 0. The first-order chi connectivity index (χ1) is 13.0. The molecule has 144 valence electrons. The molecular formula is C22H28N2O3. The molecule has 1 aliphatic heterocycles. The van der Waals surface area contributed by atoms with Crippen LogP contribution >= 0.6 is 0 Å². The van der Waals surface area contributed by atoms with E-state index < -0.39 is 0 Å². The summed E-state index contributed by atoms with van der Waals surface area (Å²) in [7, 11) is 1.83. The zero-order chi connectivity index (χ0) is 19.4. The van der Waals surface area contributed by atoms with E-state index in [2.05, 4.69) is 19.2 Å². The SMILES string of the molecule is CC(C)C(NC(=O)N(C)C(C)c1ccccc1)c1ccc2c(c1)OCCO2. The Labute approximate surface area is 161 Å². The molecule has 2 atom stereocenters. The smallest absolute Gasteiger partial charge is 0.318 e. The van der Waals surface area contributed by atoms with Gasteiger partial charge in [0.1, 0.15) is 13.2 Å². The van der Waals surface area contributed by atoms with E-state index in [1.165, 1.54) is 0 Å². The van der Waals surface area contributed by atoms with Gasteiger partial charge in [0.05, 0.1) is 12.1 Å².